The summed E-state index contributed by atoms with van der Waals surface area (Å²) in [5, 5.41) is 0. The van der Waals surface area contributed by atoms with Crippen molar-refractivity contribution in [2.45, 2.75) is 25.0 Å². The molecule has 0 aromatic heterocycles. The first-order chi connectivity index (χ1) is 5.54. The first-order valence-electron chi connectivity index (χ1n) is 3.99. The fourth-order valence-electron chi connectivity index (χ4n) is 0.804. The van der Waals surface area contributed by atoms with E-state index in [9.17, 15) is 4.79 Å². The van der Waals surface area contributed by atoms with Crippen LogP contribution in [0.3, 0.4) is 0 Å². The van der Waals surface area contributed by atoms with Gasteiger partial charge in [0, 0.05) is 0 Å². The molecule has 0 spiro atoms. The van der Waals surface area contributed by atoms with Gasteiger partial charge in [-0.05, 0) is 13.8 Å². The Morgan fingerprint density at radius 1 is 1.42 bits per heavy atom. The minimum atomic E-state index is -0.661. The number of hydrogen-bond donors (Lipinski definition) is 0. The average molecular weight is 172 g/mol. The van der Waals surface area contributed by atoms with Gasteiger partial charge in [0.2, 0.25) is 0 Å². The number of carbonyl (C=O) groups is 1. The number of ether oxygens (including phenoxy) is 3. The summed E-state index contributed by atoms with van der Waals surface area (Å²) >= 11 is 0. The minimum Gasteiger partial charge on any atom is -0.460 e. The van der Waals surface area contributed by atoms with Gasteiger partial charge in [0.15, 0.2) is 5.60 Å². The lowest BCUT2D eigenvalue weighted by molar-refractivity contribution is -0.150. The van der Waals surface area contributed by atoms with Crippen LogP contribution in [0, 0.1) is 0 Å². The molecule has 0 unspecified atom stereocenters. The highest BCUT2D eigenvalue weighted by molar-refractivity contribution is 5.81. The molecule has 2 heterocycles. The van der Waals surface area contributed by atoms with Crippen molar-refractivity contribution in [1.29, 1.82) is 0 Å². The fourth-order valence-corrected chi connectivity index (χ4v) is 0.804. The van der Waals surface area contributed by atoms with E-state index in [1.165, 1.54) is 0 Å². The quantitative estimate of drug-likeness (QED) is 0.447. The highest BCUT2D eigenvalue weighted by Gasteiger charge is 2.50. The molecule has 0 amide bonds. The zero-order valence-electron chi connectivity index (χ0n) is 7.25. The van der Waals surface area contributed by atoms with Gasteiger partial charge in [-0.15, -0.1) is 0 Å². The van der Waals surface area contributed by atoms with E-state index in [0.29, 0.717) is 19.8 Å². The van der Waals surface area contributed by atoms with Crippen LogP contribution in [0.2, 0.25) is 0 Å². The minimum absolute atomic E-state index is 0.221. The monoisotopic (exact) mass is 172 g/mol. The summed E-state index contributed by atoms with van der Waals surface area (Å²) in [5.41, 5.74) is -0.883. The van der Waals surface area contributed by atoms with Crippen molar-refractivity contribution in [3.05, 3.63) is 0 Å². The van der Waals surface area contributed by atoms with E-state index in [4.69, 9.17) is 14.2 Å². The summed E-state index contributed by atoms with van der Waals surface area (Å²) in [6.07, 6.45) is 0. The van der Waals surface area contributed by atoms with Crippen LogP contribution in [0.1, 0.15) is 13.8 Å². The maximum absolute atomic E-state index is 11.2. The van der Waals surface area contributed by atoms with Crippen LogP contribution in [-0.4, -0.2) is 37.0 Å². The molecule has 68 valence electrons. The molecule has 0 aromatic rings. The van der Waals surface area contributed by atoms with Gasteiger partial charge in [-0.1, -0.05) is 0 Å². The lowest BCUT2D eigenvalue weighted by atomic mass is 10.2. The van der Waals surface area contributed by atoms with Crippen molar-refractivity contribution in [3.8, 4) is 0 Å². The van der Waals surface area contributed by atoms with Crippen molar-refractivity contribution in [2.24, 2.45) is 0 Å². The Balaban J connectivity index is 1.76. The topological polar surface area (TPSA) is 51.4 Å². The van der Waals surface area contributed by atoms with Crippen molar-refractivity contribution in [2.75, 3.05) is 19.8 Å². The second-order valence-corrected chi connectivity index (χ2v) is 3.83. The molecule has 2 atom stereocenters. The van der Waals surface area contributed by atoms with Crippen LogP contribution in [0.25, 0.3) is 0 Å². The van der Waals surface area contributed by atoms with Crippen molar-refractivity contribution >= 4 is 5.97 Å². The number of rotatable bonds is 3. The first kappa shape index (κ1) is 8.01. The van der Waals surface area contributed by atoms with Crippen molar-refractivity contribution in [3.63, 3.8) is 0 Å². The smallest absolute Gasteiger partial charge is 0.340 e. The molecule has 0 bridgehead atoms. The third kappa shape index (κ3) is 1.44. The highest BCUT2D eigenvalue weighted by atomic mass is 16.7. The Bertz CT molecular complexity index is 215. The van der Waals surface area contributed by atoms with Gasteiger partial charge in [0.25, 0.3) is 0 Å². The molecule has 2 aliphatic heterocycles. The summed E-state index contributed by atoms with van der Waals surface area (Å²) in [6.45, 7) is 5.13. The van der Waals surface area contributed by atoms with Crippen LogP contribution in [0.15, 0.2) is 0 Å². The second-order valence-electron chi connectivity index (χ2n) is 3.83. The van der Waals surface area contributed by atoms with Gasteiger partial charge in [-0.3, -0.25) is 0 Å². The van der Waals surface area contributed by atoms with Crippen LogP contribution < -0.4 is 0 Å². The SMILES string of the molecule is C[C@@]1(COC(=O)[C@]2(C)CO2)CO1. The van der Waals surface area contributed by atoms with Crippen LogP contribution in [0.5, 0.6) is 0 Å². The third-order valence-electron chi connectivity index (χ3n) is 2.15. The Labute approximate surface area is 70.8 Å². The normalized spacial score (nSPS) is 43.8. The Morgan fingerprint density at radius 2 is 2.00 bits per heavy atom. The molecule has 4 heteroatoms. The summed E-state index contributed by atoms with van der Waals surface area (Å²) in [5.74, 6) is -0.278. The van der Waals surface area contributed by atoms with Crippen LogP contribution in [-0.2, 0) is 19.0 Å². The number of esters is 1. The lowest BCUT2D eigenvalue weighted by Gasteiger charge is -2.08. The van der Waals surface area contributed by atoms with Gasteiger partial charge >= 0.3 is 5.97 Å². The maximum atomic E-state index is 11.2. The van der Waals surface area contributed by atoms with Crippen LogP contribution in [0.4, 0.5) is 0 Å². The maximum Gasteiger partial charge on any atom is 0.340 e. The van der Waals surface area contributed by atoms with E-state index in [-0.39, 0.29) is 11.6 Å². The van der Waals surface area contributed by atoms with Crippen molar-refractivity contribution < 1.29 is 19.0 Å². The third-order valence-corrected chi connectivity index (χ3v) is 2.15. The molecule has 0 aliphatic carbocycles. The molecule has 4 nitrogen and oxygen atoms in total. The predicted molar refractivity (Wildman–Crippen MR) is 39.7 cm³/mol. The van der Waals surface area contributed by atoms with E-state index < -0.39 is 5.60 Å². The Kier molecular flexibility index (Phi) is 1.47. The standard InChI is InChI=1S/C8H12O4/c1-7(4-11-7)3-10-6(9)8(2)5-12-8/h3-5H2,1-2H3/t7-,8+/m1/s1. The molecule has 12 heavy (non-hydrogen) atoms. The van der Waals surface area contributed by atoms with Gasteiger partial charge in [-0.25, -0.2) is 4.79 Å². The summed E-state index contributed by atoms with van der Waals surface area (Å²) in [6, 6.07) is 0. The van der Waals surface area contributed by atoms with E-state index in [2.05, 4.69) is 0 Å². The summed E-state index contributed by atoms with van der Waals surface area (Å²) in [7, 11) is 0. The van der Waals surface area contributed by atoms with E-state index in [1.807, 2.05) is 6.92 Å². The average Bonchev–Trinajstić information content (AvgIpc) is 2.89. The van der Waals surface area contributed by atoms with Gasteiger partial charge < -0.3 is 14.2 Å². The molecular weight excluding hydrogens is 160 g/mol. The zero-order valence-corrected chi connectivity index (χ0v) is 7.25. The molecule has 2 aliphatic rings. The number of hydrogen-bond acceptors (Lipinski definition) is 4. The number of epoxide rings is 2. The summed E-state index contributed by atoms with van der Waals surface area (Å²) in [4.78, 5) is 11.2. The second kappa shape index (κ2) is 2.20. The Morgan fingerprint density at radius 3 is 2.42 bits per heavy atom. The predicted octanol–water partition coefficient (Wildman–Crippen LogP) is 0.107. The number of carbonyl (C=O) groups excluding carboxylic acids is 1. The lowest BCUT2D eigenvalue weighted by Crippen LogP contribution is -2.27. The van der Waals surface area contributed by atoms with Gasteiger partial charge in [-0.2, -0.15) is 0 Å². The molecule has 2 rings (SSSR count). The van der Waals surface area contributed by atoms with E-state index >= 15 is 0 Å². The Hall–Kier alpha value is -0.610. The molecular formula is C8H12O4. The molecule has 2 fully saturated rings. The zero-order chi connectivity index (χ0) is 8.82. The molecule has 0 saturated carbocycles. The first-order valence-corrected chi connectivity index (χ1v) is 3.99. The molecule has 0 radical (unpaired) electrons. The van der Waals surface area contributed by atoms with E-state index in [0.717, 1.165) is 0 Å². The largest absolute Gasteiger partial charge is 0.460 e. The fraction of sp³-hybridized carbons (Fsp3) is 0.875. The highest BCUT2D eigenvalue weighted by Crippen LogP contribution is 2.30. The van der Waals surface area contributed by atoms with Crippen molar-refractivity contribution in [1.82, 2.24) is 0 Å². The van der Waals surface area contributed by atoms with Crippen LogP contribution >= 0.6 is 0 Å². The van der Waals surface area contributed by atoms with E-state index in [1.54, 1.807) is 6.92 Å². The van der Waals surface area contributed by atoms with Gasteiger partial charge in [0.05, 0.1) is 13.2 Å². The molecule has 0 N–H and O–H groups in total. The summed E-state index contributed by atoms with van der Waals surface area (Å²) < 4.78 is 15.0. The van der Waals surface area contributed by atoms with Gasteiger partial charge in [0.1, 0.15) is 12.2 Å². The molecule has 0 aromatic carbocycles. The molecule has 2 saturated heterocycles.